The van der Waals surface area contributed by atoms with Crippen molar-refractivity contribution in [2.45, 2.75) is 6.92 Å². The van der Waals surface area contributed by atoms with E-state index in [9.17, 15) is 0 Å². The second kappa shape index (κ2) is 4.65. The van der Waals surface area contributed by atoms with E-state index in [1.807, 2.05) is 43.3 Å². The minimum absolute atomic E-state index is 0.149. The molecule has 0 aliphatic heterocycles. The highest BCUT2D eigenvalue weighted by atomic mass is 15.1. The van der Waals surface area contributed by atoms with Crippen LogP contribution in [-0.2, 0) is 0 Å². The quantitative estimate of drug-likeness (QED) is 0.657. The van der Waals surface area contributed by atoms with E-state index in [0.29, 0.717) is 16.9 Å². The molecule has 0 radical (unpaired) electrons. The molecule has 0 unspecified atom stereocenters. The summed E-state index contributed by atoms with van der Waals surface area (Å²) in [5.74, 6) is 1.11. The molecule has 2 aromatic heterocycles. The number of hydrogen-bond donors (Lipinski definition) is 3. The van der Waals surface area contributed by atoms with Gasteiger partial charge in [0, 0.05) is 5.69 Å². The van der Waals surface area contributed by atoms with Crippen LogP contribution in [0.1, 0.15) is 5.56 Å². The zero-order chi connectivity index (χ0) is 14.1. The van der Waals surface area contributed by atoms with Gasteiger partial charge in [0.2, 0.25) is 5.95 Å². The highest BCUT2D eigenvalue weighted by Gasteiger charge is 2.06. The molecule has 6 nitrogen and oxygen atoms in total. The summed E-state index contributed by atoms with van der Waals surface area (Å²) in [5.41, 5.74) is 14.7. The zero-order valence-electron chi connectivity index (χ0n) is 11.0. The van der Waals surface area contributed by atoms with Gasteiger partial charge >= 0.3 is 0 Å². The molecule has 0 atom stereocenters. The molecule has 0 amide bonds. The Hall–Kier alpha value is -2.89. The molecule has 2 heterocycles. The zero-order valence-corrected chi connectivity index (χ0v) is 11.0. The predicted molar refractivity (Wildman–Crippen MR) is 80.6 cm³/mol. The number of nitrogens with zero attached hydrogens (tertiary/aromatic N) is 3. The normalized spacial score (nSPS) is 10.7. The van der Waals surface area contributed by atoms with Crippen LogP contribution in [0.2, 0.25) is 0 Å². The summed E-state index contributed by atoms with van der Waals surface area (Å²) < 4.78 is 0. The van der Waals surface area contributed by atoms with Crippen LogP contribution in [0.4, 0.5) is 23.3 Å². The van der Waals surface area contributed by atoms with Crippen molar-refractivity contribution in [1.29, 1.82) is 0 Å². The molecular formula is C14H14N6. The van der Waals surface area contributed by atoms with Gasteiger partial charge in [-0.3, -0.25) is 0 Å². The molecule has 3 aromatic rings. The molecule has 5 N–H and O–H groups in total. The Labute approximate surface area is 115 Å². The summed E-state index contributed by atoms with van der Waals surface area (Å²) in [6.07, 6.45) is 0. The topological polar surface area (TPSA) is 103 Å². The van der Waals surface area contributed by atoms with Crippen LogP contribution in [0.3, 0.4) is 0 Å². The number of aromatic nitrogens is 3. The van der Waals surface area contributed by atoms with Crippen LogP contribution in [0.25, 0.3) is 11.0 Å². The van der Waals surface area contributed by atoms with E-state index in [4.69, 9.17) is 11.5 Å². The standard InChI is InChI=1S/C14H14N6/c1-8-2-4-9(5-3-8)17-11-7-6-10-12(19-11)13(15)20-14(16)18-10/h2-7H,1H3,(H,17,19)(H4,15,16,18,20). The maximum absolute atomic E-state index is 5.82. The van der Waals surface area contributed by atoms with Crippen LogP contribution in [0.5, 0.6) is 0 Å². The molecule has 100 valence electrons. The van der Waals surface area contributed by atoms with Crippen molar-refractivity contribution < 1.29 is 0 Å². The van der Waals surface area contributed by atoms with Gasteiger partial charge < -0.3 is 16.8 Å². The van der Waals surface area contributed by atoms with Gasteiger partial charge in [0.05, 0.1) is 5.52 Å². The molecule has 0 aliphatic carbocycles. The molecule has 0 bridgehead atoms. The smallest absolute Gasteiger partial charge is 0.222 e. The van der Waals surface area contributed by atoms with E-state index in [1.54, 1.807) is 0 Å². The van der Waals surface area contributed by atoms with E-state index >= 15 is 0 Å². The second-order valence-corrected chi connectivity index (χ2v) is 4.52. The summed E-state index contributed by atoms with van der Waals surface area (Å²) in [4.78, 5) is 12.4. The summed E-state index contributed by atoms with van der Waals surface area (Å²) in [6, 6.07) is 11.7. The van der Waals surface area contributed by atoms with Gasteiger partial charge in [0.15, 0.2) is 5.82 Å². The Morgan fingerprint density at radius 1 is 0.900 bits per heavy atom. The number of benzene rings is 1. The van der Waals surface area contributed by atoms with Crippen molar-refractivity contribution >= 4 is 34.3 Å². The average Bonchev–Trinajstić information content (AvgIpc) is 2.42. The van der Waals surface area contributed by atoms with E-state index in [1.165, 1.54) is 5.56 Å². The van der Waals surface area contributed by atoms with Crippen molar-refractivity contribution in [1.82, 2.24) is 15.0 Å². The average molecular weight is 266 g/mol. The molecule has 0 spiro atoms. The third-order valence-corrected chi connectivity index (χ3v) is 2.91. The maximum Gasteiger partial charge on any atom is 0.222 e. The van der Waals surface area contributed by atoms with Gasteiger partial charge in [-0.1, -0.05) is 17.7 Å². The molecule has 0 saturated carbocycles. The fourth-order valence-corrected chi connectivity index (χ4v) is 1.91. The number of rotatable bonds is 2. The Morgan fingerprint density at radius 2 is 1.65 bits per heavy atom. The Kier molecular flexibility index (Phi) is 2.83. The Balaban J connectivity index is 1.98. The molecular weight excluding hydrogens is 252 g/mol. The number of nitrogen functional groups attached to an aromatic ring is 2. The first-order valence-corrected chi connectivity index (χ1v) is 6.15. The highest BCUT2D eigenvalue weighted by Crippen LogP contribution is 2.21. The fourth-order valence-electron chi connectivity index (χ4n) is 1.91. The molecule has 1 aromatic carbocycles. The van der Waals surface area contributed by atoms with E-state index in [-0.39, 0.29) is 11.8 Å². The van der Waals surface area contributed by atoms with Crippen LogP contribution < -0.4 is 16.8 Å². The number of fused-ring (bicyclic) bond motifs is 1. The minimum atomic E-state index is 0.149. The lowest BCUT2D eigenvalue weighted by Crippen LogP contribution is -2.03. The summed E-state index contributed by atoms with van der Waals surface area (Å²) >= 11 is 0. The van der Waals surface area contributed by atoms with Crippen molar-refractivity contribution in [2.24, 2.45) is 0 Å². The molecule has 0 aliphatic rings. The first-order valence-electron chi connectivity index (χ1n) is 6.15. The van der Waals surface area contributed by atoms with Gasteiger partial charge in [0.25, 0.3) is 0 Å². The van der Waals surface area contributed by atoms with Gasteiger partial charge in [-0.05, 0) is 31.2 Å². The van der Waals surface area contributed by atoms with Crippen LogP contribution in [0.15, 0.2) is 36.4 Å². The first-order chi connectivity index (χ1) is 9.61. The number of nitrogens with two attached hydrogens (primary N) is 2. The lowest BCUT2D eigenvalue weighted by Gasteiger charge is -2.08. The second-order valence-electron chi connectivity index (χ2n) is 4.52. The van der Waals surface area contributed by atoms with Gasteiger partial charge in [-0.25, -0.2) is 9.97 Å². The molecule has 20 heavy (non-hydrogen) atoms. The highest BCUT2D eigenvalue weighted by molar-refractivity contribution is 5.86. The third kappa shape index (κ3) is 2.31. The Morgan fingerprint density at radius 3 is 2.40 bits per heavy atom. The predicted octanol–water partition coefficient (Wildman–Crippen LogP) is 2.24. The summed E-state index contributed by atoms with van der Waals surface area (Å²) in [5, 5.41) is 3.21. The Bertz CT molecular complexity index is 766. The SMILES string of the molecule is Cc1ccc(Nc2ccc3nc(N)nc(N)c3n2)cc1. The van der Waals surface area contributed by atoms with Gasteiger partial charge in [-0.2, -0.15) is 4.98 Å². The van der Waals surface area contributed by atoms with Crippen molar-refractivity contribution in [3.05, 3.63) is 42.0 Å². The largest absolute Gasteiger partial charge is 0.382 e. The molecule has 0 saturated heterocycles. The molecule has 6 heteroatoms. The van der Waals surface area contributed by atoms with E-state index in [2.05, 4.69) is 20.3 Å². The third-order valence-electron chi connectivity index (χ3n) is 2.91. The van der Waals surface area contributed by atoms with Crippen LogP contribution >= 0.6 is 0 Å². The van der Waals surface area contributed by atoms with E-state index in [0.717, 1.165) is 5.69 Å². The number of pyridine rings is 1. The van der Waals surface area contributed by atoms with Crippen molar-refractivity contribution in [2.75, 3.05) is 16.8 Å². The van der Waals surface area contributed by atoms with Crippen molar-refractivity contribution in [3.63, 3.8) is 0 Å². The first kappa shape index (κ1) is 12.2. The molecule has 0 fully saturated rings. The van der Waals surface area contributed by atoms with E-state index < -0.39 is 0 Å². The summed E-state index contributed by atoms with van der Waals surface area (Å²) in [7, 11) is 0. The van der Waals surface area contributed by atoms with Gasteiger partial charge in [-0.15, -0.1) is 0 Å². The minimum Gasteiger partial charge on any atom is -0.382 e. The lowest BCUT2D eigenvalue weighted by molar-refractivity contribution is 1.22. The van der Waals surface area contributed by atoms with Crippen LogP contribution in [0, 0.1) is 6.92 Å². The summed E-state index contributed by atoms with van der Waals surface area (Å²) in [6.45, 7) is 2.04. The lowest BCUT2D eigenvalue weighted by atomic mass is 10.2. The maximum atomic E-state index is 5.82. The van der Waals surface area contributed by atoms with Crippen LogP contribution in [-0.4, -0.2) is 15.0 Å². The number of nitrogens with one attached hydrogen (secondary N) is 1. The number of aryl methyl sites for hydroxylation is 1. The monoisotopic (exact) mass is 266 g/mol. The molecule has 3 rings (SSSR count). The number of hydrogen-bond acceptors (Lipinski definition) is 6. The number of anilines is 4. The fraction of sp³-hybridized carbons (Fsp3) is 0.0714. The van der Waals surface area contributed by atoms with Crippen molar-refractivity contribution in [3.8, 4) is 0 Å². The van der Waals surface area contributed by atoms with Gasteiger partial charge in [0.1, 0.15) is 11.3 Å².